The van der Waals surface area contributed by atoms with Gasteiger partial charge in [0.25, 0.3) is 11.8 Å². The summed E-state index contributed by atoms with van der Waals surface area (Å²) in [6, 6.07) is 9.74. The number of rotatable bonds is 2. The van der Waals surface area contributed by atoms with E-state index in [2.05, 4.69) is 6.92 Å². The van der Waals surface area contributed by atoms with Crippen LogP contribution >= 0.6 is 0 Å². The van der Waals surface area contributed by atoms with Crippen molar-refractivity contribution >= 4 is 20.6 Å². The van der Waals surface area contributed by atoms with Gasteiger partial charge in [-0.15, -0.1) is 0 Å². The number of nitrogens with zero attached hydrogens (tertiary/aromatic N) is 1. The Morgan fingerprint density at radius 1 is 1.00 bits per heavy atom. The van der Waals surface area contributed by atoms with Crippen LogP contribution in [0.3, 0.4) is 0 Å². The Kier molecular flexibility index (Phi) is 3.27. The zero-order valence-corrected chi connectivity index (χ0v) is 12.4. The second-order valence-electron chi connectivity index (χ2n) is 5.66. The number of carbonyl (C=O) groups is 2. The zero-order valence-electron chi connectivity index (χ0n) is 11.3. The summed E-state index contributed by atoms with van der Waals surface area (Å²) in [6.07, 6.45) is 3.88. The van der Waals surface area contributed by atoms with Gasteiger partial charge in [0.1, 0.15) is 0 Å². The van der Waals surface area contributed by atoms with E-state index in [1.54, 1.807) is 17.0 Å². The molecule has 1 fully saturated rings. The maximum atomic E-state index is 12.4. The number of fused-ring (bicyclic) bond motifs is 1. The van der Waals surface area contributed by atoms with Crippen LogP contribution < -0.4 is 0 Å². The van der Waals surface area contributed by atoms with E-state index >= 15 is 0 Å². The lowest BCUT2D eigenvalue weighted by atomic mass is 10.1. The van der Waals surface area contributed by atoms with Crippen molar-refractivity contribution in [1.29, 1.82) is 0 Å². The molecule has 0 bridgehead atoms. The molecule has 100 valence electrons. The van der Waals surface area contributed by atoms with Crippen LogP contribution in [0.5, 0.6) is 0 Å². The van der Waals surface area contributed by atoms with E-state index in [0.29, 0.717) is 11.1 Å². The van der Waals surface area contributed by atoms with Crippen molar-refractivity contribution in [2.75, 3.05) is 0 Å². The molecule has 2 aliphatic rings. The monoisotopic (exact) mass is 273 g/mol. The molecule has 0 aliphatic carbocycles. The molecule has 2 aliphatic heterocycles. The van der Waals surface area contributed by atoms with Crippen LogP contribution in [-0.2, 0) is 0 Å². The first-order valence-electron chi connectivity index (χ1n) is 7.17. The first-order valence-corrected chi connectivity index (χ1v) is 9.47. The van der Waals surface area contributed by atoms with E-state index in [-0.39, 0.29) is 17.5 Å². The van der Waals surface area contributed by atoms with Crippen LogP contribution in [0, 0.1) is 0 Å². The molecule has 1 unspecified atom stereocenters. The van der Waals surface area contributed by atoms with E-state index < -0.39 is 8.80 Å². The van der Waals surface area contributed by atoms with Crippen LogP contribution in [0.15, 0.2) is 24.3 Å². The number of imide groups is 1. The minimum absolute atomic E-state index is 0.0776. The molecule has 1 atom stereocenters. The van der Waals surface area contributed by atoms with E-state index in [4.69, 9.17) is 0 Å². The average molecular weight is 273 g/mol. The summed E-state index contributed by atoms with van der Waals surface area (Å²) in [7, 11) is -0.997. The third kappa shape index (κ3) is 2.04. The lowest BCUT2D eigenvalue weighted by Gasteiger charge is -2.31. The maximum absolute atomic E-state index is 12.4. The van der Waals surface area contributed by atoms with Gasteiger partial charge >= 0.3 is 0 Å². The summed E-state index contributed by atoms with van der Waals surface area (Å²) in [5, 5.41) is 0. The number of hydrogen-bond donors (Lipinski definition) is 0. The highest BCUT2D eigenvalue weighted by Gasteiger charge is 2.40. The fourth-order valence-corrected chi connectivity index (χ4v) is 6.98. The number of amides is 2. The van der Waals surface area contributed by atoms with Gasteiger partial charge < -0.3 is 0 Å². The largest absolute Gasteiger partial charge is 0.275 e. The Labute approximate surface area is 115 Å². The SMILES string of the molecule is CC(N1C(=O)c2ccccc2C1=O)[SiH]1CCCCC1. The van der Waals surface area contributed by atoms with Crippen LogP contribution in [0.1, 0.15) is 46.9 Å². The van der Waals surface area contributed by atoms with Crippen LogP contribution in [0.4, 0.5) is 0 Å². The highest BCUT2D eigenvalue weighted by molar-refractivity contribution is 6.61. The van der Waals surface area contributed by atoms with Gasteiger partial charge in [0.2, 0.25) is 0 Å². The van der Waals surface area contributed by atoms with Crippen molar-refractivity contribution in [3.05, 3.63) is 35.4 Å². The first kappa shape index (κ1) is 12.6. The minimum atomic E-state index is -0.997. The molecule has 0 spiro atoms. The third-order valence-electron chi connectivity index (χ3n) is 4.56. The molecule has 0 N–H and O–H groups in total. The van der Waals surface area contributed by atoms with E-state index in [0.717, 1.165) is 0 Å². The lowest BCUT2D eigenvalue weighted by molar-refractivity contribution is 0.0637. The van der Waals surface area contributed by atoms with Crippen molar-refractivity contribution in [2.45, 2.75) is 43.9 Å². The number of hydrogen-bond acceptors (Lipinski definition) is 2. The summed E-state index contributed by atoms with van der Waals surface area (Å²) in [6.45, 7) is 2.09. The smallest absolute Gasteiger partial charge is 0.261 e. The maximum Gasteiger partial charge on any atom is 0.261 e. The second kappa shape index (κ2) is 4.93. The van der Waals surface area contributed by atoms with E-state index in [1.165, 1.54) is 31.4 Å². The Balaban J connectivity index is 1.87. The molecular weight excluding hydrogens is 254 g/mol. The normalized spacial score (nSPS) is 21.6. The molecule has 1 aromatic rings. The van der Waals surface area contributed by atoms with E-state index in [9.17, 15) is 9.59 Å². The molecule has 2 heterocycles. The van der Waals surface area contributed by atoms with Gasteiger partial charge in [-0.1, -0.05) is 43.5 Å². The van der Waals surface area contributed by atoms with Crippen molar-refractivity contribution in [2.24, 2.45) is 0 Å². The molecule has 1 aromatic carbocycles. The molecule has 2 amide bonds. The molecule has 19 heavy (non-hydrogen) atoms. The topological polar surface area (TPSA) is 37.4 Å². The van der Waals surface area contributed by atoms with Gasteiger partial charge in [0.05, 0.1) is 19.9 Å². The summed E-state index contributed by atoms with van der Waals surface area (Å²) in [5.41, 5.74) is 1.33. The van der Waals surface area contributed by atoms with Gasteiger partial charge in [-0.25, -0.2) is 0 Å². The fourth-order valence-electron chi connectivity index (χ4n) is 3.41. The van der Waals surface area contributed by atoms with Gasteiger partial charge in [0, 0.05) is 5.67 Å². The Morgan fingerprint density at radius 3 is 2.05 bits per heavy atom. The molecule has 3 rings (SSSR count). The number of benzene rings is 1. The van der Waals surface area contributed by atoms with Crippen molar-refractivity contribution in [3.63, 3.8) is 0 Å². The Morgan fingerprint density at radius 2 is 1.53 bits per heavy atom. The van der Waals surface area contributed by atoms with Gasteiger partial charge in [-0.3, -0.25) is 14.5 Å². The standard InChI is InChI=1S/C15H19NO2Si/c1-11(19-9-5-2-6-10-19)16-14(17)12-7-3-4-8-13(12)15(16)18/h3-4,7-8,11,19H,2,5-6,9-10H2,1H3. The molecule has 0 aromatic heterocycles. The van der Waals surface area contributed by atoms with Gasteiger partial charge in [0.15, 0.2) is 0 Å². The zero-order chi connectivity index (χ0) is 13.4. The van der Waals surface area contributed by atoms with Crippen molar-refractivity contribution < 1.29 is 9.59 Å². The summed E-state index contributed by atoms with van der Waals surface area (Å²) in [5.74, 6) is -0.155. The highest BCUT2D eigenvalue weighted by Crippen LogP contribution is 2.29. The molecule has 0 radical (unpaired) electrons. The third-order valence-corrected chi connectivity index (χ3v) is 8.53. The molecule has 3 nitrogen and oxygen atoms in total. The van der Waals surface area contributed by atoms with E-state index in [1.807, 2.05) is 12.1 Å². The molecule has 0 saturated carbocycles. The quantitative estimate of drug-likeness (QED) is 0.613. The van der Waals surface area contributed by atoms with Crippen molar-refractivity contribution in [3.8, 4) is 0 Å². The predicted octanol–water partition coefficient (Wildman–Crippen LogP) is 2.62. The van der Waals surface area contributed by atoms with Gasteiger partial charge in [-0.2, -0.15) is 0 Å². The summed E-state index contributed by atoms with van der Waals surface area (Å²) < 4.78 is 0. The molecular formula is C15H19NO2Si. The fraction of sp³-hybridized carbons (Fsp3) is 0.467. The van der Waals surface area contributed by atoms with Crippen LogP contribution in [-0.4, -0.2) is 31.2 Å². The molecule has 4 heteroatoms. The number of carbonyl (C=O) groups excluding carboxylic acids is 2. The van der Waals surface area contributed by atoms with Crippen LogP contribution in [0.2, 0.25) is 12.1 Å². The lowest BCUT2D eigenvalue weighted by Crippen LogP contribution is -2.47. The predicted molar refractivity (Wildman–Crippen MR) is 77.0 cm³/mol. The highest BCUT2D eigenvalue weighted by atomic mass is 28.3. The van der Waals surface area contributed by atoms with Crippen LogP contribution in [0.25, 0.3) is 0 Å². The minimum Gasteiger partial charge on any atom is -0.275 e. The molecule has 1 saturated heterocycles. The summed E-state index contributed by atoms with van der Waals surface area (Å²) >= 11 is 0. The van der Waals surface area contributed by atoms with Crippen molar-refractivity contribution in [1.82, 2.24) is 4.90 Å². The van der Waals surface area contributed by atoms with Gasteiger partial charge in [-0.05, 0) is 19.1 Å². The summed E-state index contributed by atoms with van der Waals surface area (Å²) in [4.78, 5) is 26.4. The Bertz CT molecular complexity index is 488. The second-order valence-corrected chi connectivity index (χ2v) is 9.30. The Hall–Kier alpha value is -1.42. The average Bonchev–Trinajstić information content (AvgIpc) is 2.72. The first-order chi connectivity index (χ1) is 9.20.